The minimum Gasteiger partial charge on any atom is -0.462 e. The molecule has 0 N–H and O–H groups in total. The van der Waals surface area contributed by atoms with Crippen LogP contribution >= 0.6 is 0 Å². The Balaban J connectivity index is 4.45. The van der Waals surface area contributed by atoms with Crippen molar-refractivity contribution in [3.63, 3.8) is 0 Å². The van der Waals surface area contributed by atoms with Crippen LogP contribution in [0.5, 0.6) is 0 Å². The highest BCUT2D eigenvalue weighted by Gasteiger charge is 2.19. The summed E-state index contributed by atoms with van der Waals surface area (Å²) in [7, 11) is 0. The lowest BCUT2D eigenvalue weighted by atomic mass is 10.0. The smallest absolute Gasteiger partial charge is 0.306 e. The minimum absolute atomic E-state index is 0.0927. The summed E-state index contributed by atoms with van der Waals surface area (Å²) in [5.74, 6) is -0.936. The molecule has 70 heavy (non-hydrogen) atoms. The molecule has 0 saturated heterocycles. The molecule has 1 unspecified atom stereocenters. The second kappa shape index (κ2) is 58.2. The van der Waals surface area contributed by atoms with Crippen LogP contribution in [0.4, 0.5) is 0 Å². The fourth-order valence-electron chi connectivity index (χ4n) is 8.21. The van der Waals surface area contributed by atoms with Crippen molar-refractivity contribution in [1.29, 1.82) is 0 Å². The van der Waals surface area contributed by atoms with Gasteiger partial charge in [-0.05, 0) is 96.3 Å². The van der Waals surface area contributed by atoms with Crippen LogP contribution in [-0.2, 0) is 28.6 Å². The van der Waals surface area contributed by atoms with Gasteiger partial charge >= 0.3 is 17.9 Å². The maximum Gasteiger partial charge on any atom is 0.306 e. The number of allylic oxidation sites excluding steroid dienone is 14. The Hall–Kier alpha value is -3.41. The molecule has 402 valence electrons. The van der Waals surface area contributed by atoms with Gasteiger partial charge < -0.3 is 14.2 Å². The van der Waals surface area contributed by atoms with Crippen molar-refractivity contribution in [3.8, 4) is 0 Å². The van der Waals surface area contributed by atoms with E-state index >= 15 is 0 Å². The van der Waals surface area contributed by atoms with Crippen molar-refractivity contribution in [2.75, 3.05) is 13.2 Å². The summed E-state index contributed by atoms with van der Waals surface area (Å²) in [5, 5.41) is 0. The zero-order chi connectivity index (χ0) is 50.7. The van der Waals surface area contributed by atoms with Gasteiger partial charge in [-0.3, -0.25) is 14.4 Å². The van der Waals surface area contributed by atoms with Crippen molar-refractivity contribution >= 4 is 17.9 Å². The molecule has 0 spiro atoms. The van der Waals surface area contributed by atoms with Gasteiger partial charge in [0.15, 0.2) is 6.10 Å². The summed E-state index contributed by atoms with van der Waals surface area (Å²) in [5.41, 5.74) is 0. The molecule has 0 aliphatic carbocycles. The Kier molecular flexibility index (Phi) is 55.3. The number of unbranched alkanes of at least 4 members (excludes halogenated alkanes) is 28. The molecule has 0 aliphatic rings. The van der Waals surface area contributed by atoms with E-state index in [4.69, 9.17) is 14.2 Å². The molecule has 1 atom stereocenters. The molecule has 0 aromatic heterocycles. The number of esters is 3. The largest absolute Gasteiger partial charge is 0.462 e. The summed E-state index contributed by atoms with van der Waals surface area (Å²) in [4.78, 5) is 38.2. The first-order chi connectivity index (χ1) is 34.5. The SMILES string of the molecule is CC/C=C\C/C=C\C/C=C\C/C=C\C/C=C\C/C=C\CCCCC(=O)OCC(COC(=O)CCCCCCC/C=C\CCCCCCC)OC(=O)CCCCCCCCCCCCCCCCCCC. The van der Waals surface area contributed by atoms with Crippen molar-refractivity contribution in [2.45, 2.75) is 290 Å². The average molecular weight is 976 g/mol. The zero-order valence-electron chi connectivity index (χ0n) is 46.0. The Morgan fingerprint density at radius 3 is 0.914 bits per heavy atom. The van der Waals surface area contributed by atoms with E-state index in [0.29, 0.717) is 19.3 Å². The van der Waals surface area contributed by atoms with Crippen LogP contribution in [0, 0.1) is 0 Å². The topological polar surface area (TPSA) is 78.9 Å². The molecule has 0 bridgehead atoms. The lowest BCUT2D eigenvalue weighted by Gasteiger charge is -2.18. The van der Waals surface area contributed by atoms with E-state index in [9.17, 15) is 14.4 Å². The van der Waals surface area contributed by atoms with Gasteiger partial charge in [-0.25, -0.2) is 0 Å². The Labute approximate surface area is 433 Å². The summed E-state index contributed by atoms with van der Waals surface area (Å²) in [6.45, 7) is 6.50. The first kappa shape index (κ1) is 66.6. The normalized spacial score (nSPS) is 12.7. The Morgan fingerprint density at radius 2 is 0.557 bits per heavy atom. The molecule has 0 saturated carbocycles. The Morgan fingerprint density at radius 1 is 0.300 bits per heavy atom. The lowest BCUT2D eigenvalue weighted by Crippen LogP contribution is -2.30. The van der Waals surface area contributed by atoms with E-state index in [-0.39, 0.29) is 31.1 Å². The second-order valence-electron chi connectivity index (χ2n) is 19.5. The van der Waals surface area contributed by atoms with E-state index in [1.807, 2.05) is 0 Å². The van der Waals surface area contributed by atoms with Crippen LogP contribution in [0.3, 0.4) is 0 Å². The van der Waals surface area contributed by atoms with Gasteiger partial charge in [-0.1, -0.05) is 254 Å². The van der Waals surface area contributed by atoms with Crippen LogP contribution < -0.4 is 0 Å². The fraction of sp³-hybridized carbons (Fsp3) is 0.734. The molecule has 0 radical (unpaired) electrons. The van der Waals surface area contributed by atoms with Crippen LogP contribution in [0.25, 0.3) is 0 Å². The molecule has 0 rings (SSSR count). The van der Waals surface area contributed by atoms with E-state index in [0.717, 1.165) is 103 Å². The number of rotatable bonds is 53. The number of carbonyl (C=O) groups is 3. The molecule has 0 aromatic rings. The number of ether oxygens (including phenoxy) is 3. The van der Waals surface area contributed by atoms with Gasteiger partial charge in [0, 0.05) is 19.3 Å². The molecule has 6 nitrogen and oxygen atoms in total. The molecular weight excluding hydrogens is 865 g/mol. The predicted molar refractivity (Wildman–Crippen MR) is 302 cm³/mol. The van der Waals surface area contributed by atoms with Crippen molar-refractivity contribution < 1.29 is 28.6 Å². The van der Waals surface area contributed by atoms with Crippen molar-refractivity contribution in [1.82, 2.24) is 0 Å². The van der Waals surface area contributed by atoms with Crippen LogP contribution in [0.15, 0.2) is 85.1 Å². The molecular formula is C64H110O6. The van der Waals surface area contributed by atoms with Crippen molar-refractivity contribution in [3.05, 3.63) is 85.1 Å². The number of hydrogen-bond acceptors (Lipinski definition) is 6. The third-order valence-electron chi connectivity index (χ3n) is 12.6. The highest BCUT2D eigenvalue weighted by molar-refractivity contribution is 5.71. The standard InChI is InChI=1S/C64H110O6/c1-4-7-10-13-16-19-22-25-28-30-31-32-33-35-36-39-42-45-48-51-54-57-63(66)69-60-61(59-68-62(65)56-53-50-47-44-41-38-27-24-21-18-15-12-9-6-3)70-64(67)58-55-52-49-46-43-40-37-34-29-26-23-20-17-14-11-8-5-2/h7,10,16,19,24-25,27-28,31-32,35-36,42,45,61H,4-6,8-9,11-15,17-18,20-23,26,29-30,33-34,37-41,43-44,46-60H2,1-3H3/b10-7-,19-16-,27-24-,28-25-,32-31-,36-35-,45-42-. The van der Waals surface area contributed by atoms with Gasteiger partial charge in [0.1, 0.15) is 13.2 Å². The van der Waals surface area contributed by atoms with E-state index in [2.05, 4.69) is 106 Å². The van der Waals surface area contributed by atoms with Gasteiger partial charge in [-0.15, -0.1) is 0 Å². The molecule has 0 aromatic carbocycles. The molecule has 0 heterocycles. The van der Waals surface area contributed by atoms with Gasteiger partial charge in [0.25, 0.3) is 0 Å². The molecule has 0 amide bonds. The maximum atomic E-state index is 12.9. The highest BCUT2D eigenvalue weighted by Crippen LogP contribution is 2.16. The predicted octanol–water partition coefficient (Wildman–Crippen LogP) is 19.9. The Bertz CT molecular complexity index is 1350. The zero-order valence-corrected chi connectivity index (χ0v) is 46.0. The summed E-state index contributed by atoms with van der Waals surface area (Å²) < 4.78 is 16.8. The van der Waals surface area contributed by atoms with Gasteiger partial charge in [0.2, 0.25) is 0 Å². The van der Waals surface area contributed by atoms with Crippen molar-refractivity contribution in [2.24, 2.45) is 0 Å². The second-order valence-corrected chi connectivity index (χ2v) is 19.5. The quantitative estimate of drug-likeness (QED) is 0.0261. The highest BCUT2D eigenvalue weighted by atomic mass is 16.6. The minimum atomic E-state index is -0.797. The first-order valence-electron chi connectivity index (χ1n) is 29.6. The fourth-order valence-corrected chi connectivity index (χ4v) is 8.21. The number of hydrogen-bond donors (Lipinski definition) is 0. The third-order valence-corrected chi connectivity index (χ3v) is 12.6. The van der Waals surface area contributed by atoms with Crippen LogP contribution in [-0.4, -0.2) is 37.2 Å². The van der Waals surface area contributed by atoms with Gasteiger partial charge in [0.05, 0.1) is 0 Å². The van der Waals surface area contributed by atoms with E-state index < -0.39 is 6.10 Å². The third kappa shape index (κ3) is 55.5. The summed E-state index contributed by atoms with van der Waals surface area (Å²) >= 11 is 0. The van der Waals surface area contributed by atoms with E-state index in [1.54, 1.807) is 0 Å². The lowest BCUT2D eigenvalue weighted by molar-refractivity contribution is -0.167. The van der Waals surface area contributed by atoms with E-state index in [1.165, 1.54) is 141 Å². The first-order valence-corrected chi connectivity index (χ1v) is 29.6. The summed E-state index contributed by atoms with van der Waals surface area (Å²) in [6.07, 6.45) is 75.7. The molecule has 6 heteroatoms. The monoisotopic (exact) mass is 975 g/mol. The van der Waals surface area contributed by atoms with Crippen LogP contribution in [0.1, 0.15) is 284 Å². The molecule has 0 fully saturated rings. The molecule has 0 aliphatic heterocycles. The maximum absolute atomic E-state index is 12.9. The van der Waals surface area contributed by atoms with Gasteiger partial charge in [-0.2, -0.15) is 0 Å². The average Bonchev–Trinajstić information content (AvgIpc) is 3.36. The van der Waals surface area contributed by atoms with Crippen LogP contribution in [0.2, 0.25) is 0 Å². The summed E-state index contributed by atoms with van der Waals surface area (Å²) in [6, 6.07) is 0. The number of carbonyl (C=O) groups excluding carboxylic acids is 3.